The second-order valence-electron chi connectivity index (χ2n) is 5.01. The molecule has 126 valence electrons. The van der Waals surface area contributed by atoms with Gasteiger partial charge in [0.1, 0.15) is 11.9 Å². The van der Waals surface area contributed by atoms with Crippen molar-refractivity contribution in [1.29, 1.82) is 0 Å². The van der Waals surface area contributed by atoms with Crippen LogP contribution in [-0.4, -0.2) is 55.5 Å². The Hall–Kier alpha value is -2.04. The number of sulfonamides is 1. The first-order chi connectivity index (χ1) is 10.6. The van der Waals surface area contributed by atoms with Gasteiger partial charge in [-0.25, -0.2) is 17.6 Å². The second kappa shape index (κ2) is 6.22. The van der Waals surface area contributed by atoms with Crippen molar-refractivity contribution in [2.24, 2.45) is 5.73 Å². The number of carboxylic acids is 1. The molecule has 1 amide bonds. The molecule has 0 bridgehead atoms. The Kier molecular flexibility index (Phi) is 4.68. The molecule has 1 aromatic rings. The molecule has 1 saturated heterocycles. The van der Waals surface area contributed by atoms with Crippen LogP contribution in [0.3, 0.4) is 0 Å². The number of aromatic carboxylic acids is 1. The van der Waals surface area contributed by atoms with Crippen LogP contribution in [0.15, 0.2) is 17.0 Å². The Morgan fingerprint density at radius 1 is 1.43 bits per heavy atom. The van der Waals surface area contributed by atoms with Crippen molar-refractivity contribution < 1.29 is 32.2 Å². The summed E-state index contributed by atoms with van der Waals surface area (Å²) in [7, 11) is -4.18. The average Bonchev–Trinajstić information content (AvgIpc) is 2.49. The van der Waals surface area contributed by atoms with Gasteiger partial charge in [0.25, 0.3) is 0 Å². The van der Waals surface area contributed by atoms with Crippen LogP contribution >= 0.6 is 0 Å². The van der Waals surface area contributed by atoms with Crippen LogP contribution in [0.2, 0.25) is 0 Å². The van der Waals surface area contributed by atoms with Crippen molar-refractivity contribution in [1.82, 2.24) is 4.31 Å². The van der Waals surface area contributed by atoms with Crippen LogP contribution in [0.1, 0.15) is 15.9 Å². The van der Waals surface area contributed by atoms with Gasteiger partial charge in [-0.3, -0.25) is 4.79 Å². The van der Waals surface area contributed by atoms with E-state index in [9.17, 15) is 22.4 Å². The normalized spacial score (nSPS) is 19.5. The molecule has 1 fully saturated rings. The van der Waals surface area contributed by atoms with Crippen molar-refractivity contribution in [3.63, 3.8) is 0 Å². The summed E-state index contributed by atoms with van der Waals surface area (Å²) in [6.45, 7) is 0.833. The van der Waals surface area contributed by atoms with Crippen LogP contribution in [0.5, 0.6) is 0 Å². The fourth-order valence-corrected chi connectivity index (χ4v) is 3.65. The summed E-state index contributed by atoms with van der Waals surface area (Å²) in [6, 6.07) is 1.65. The SMILES string of the molecule is Cc1c(F)cc(S(=O)(=O)N2CCOC(C(N)=O)C2)cc1C(=O)O. The fraction of sp³-hybridized carbons (Fsp3) is 0.385. The fourth-order valence-electron chi connectivity index (χ4n) is 2.19. The van der Waals surface area contributed by atoms with Gasteiger partial charge in [0.15, 0.2) is 0 Å². The number of benzene rings is 1. The van der Waals surface area contributed by atoms with Crippen LogP contribution in [-0.2, 0) is 19.6 Å². The van der Waals surface area contributed by atoms with E-state index in [-0.39, 0.29) is 25.3 Å². The molecule has 8 nitrogen and oxygen atoms in total. The van der Waals surface area contributed by atoms with Gasteiger partial charge in [-0.2, -0.15) is 4.31 Å². The Balaban J connectivity index is 2.44. The molecule has 3 N–H and O–H groups in total. The number of amides is 1. The summed E-state index contributed by atoms with van der Waals surface area (Å²) in [4.78, 5) is 21.8. The molecule has 1 aliphatic rings. The van der Waals surface area contributed by atoms with Gasteiger partial charge in [0.05, 0.1) is 17.1 Å². The van der Waals surface area contributed by atoms with Crippen molar-refractivity contribution >= 4 is 21.9 Å². The highest BCUT2D eigenvalue weighted by Crippen LogP contribution is 2.24. The molecule has 0 radical (unpaired) electrons. The van der Waals surface area contributed by atoms with Gasteiger partial charge in [-0.1, -0.05) is 0 Å². The lowest BCUT2D eigenvalue weighted by molar-refractivity contribution is -0.132. The molecule has 1 aliphatic heterocycles. The Bertz CT molecular complexity index is 764. The molecule has 0 saturated carbocycles. The number of primary amides is 1. The number of nitrogens with zero attached hydrogens (tertiary/aromatic N) is 1. The summed E-state index contributed by atoms with van der Waals surface area (Å²) in [5.74, 6) is -3.19. The number of rotatable bonds is 4. The number of carbonyl (C=O) groups is 2. The molecular weight excluding hydrogens is 331 g/mol. The van der Waals surface area contributed by atoms with E-state index in [1.807, 2.05) is 0 Å². The molecule has 1 unspecified atom stereocenters. The molecular formula is C13H15FN2O6S. The molecule has 0 aromatic heterocycles. The molecule has 1 atom stereocenters. The van der Waals surface area contributed by atoms with Crippen LogP contribution < -0.4 is 5.73 Å². The lowest BCUT2D eigenvalue weighted by Crippen LogP contribution is -2.50. The zero-order chi connectivity index (χ0) is 17.4. The van der Waals surface area contributed by atoms with E-state index in [0.717, 1.165) is 16.4 Å². The van der Waals surface area contributed by atoms with Crippen molar-refractivity contribution in [3.05, 3.63) is 29.1 Å². The van der Waals surface area contributed by atoms with Gasteiger partial charge < -0.3 is 15.6 Å². The van der Waals surface area contributed by atoms with Gasteiger partial charge >= 0.3 is 5.97 Å². The second-order valence-corrected chi connectivity index (χ2v) is 6.95. The molecule has 10 heteroatoms. The first-order valence-electron chi connectivity index (χ1n) is 6.59. The van der Waals surface area contributed by atoms with Gasteiger partial charge in [0, 0.05) is 13.1 Å². The van der Waals surface area contributed by atoms with Gasteiger partial charge in [-0.05, 0) is 24.6 Å². The number of ether oxygens (including phenoxy) is 1. The minimum atomic E-state index is -4.18. The van der Waals surface area contributed by atoms with Crippen molar-refractivity contribution in [2.45, 2.75) is 17.9 Å². The summed E-state index contributed by atoms with van der Waals surface area (Å²) in [5, 5.41) is 9.05. The van der Waals surface area contributed by atoms with Gasteiger partial charge in [0.2, 0.25) is 15.9 Å². The highest BCUT2D eigenvalue weighted by molar-refractivity contribution is 7.89. The average molecular weight is 346 g/mol. The third kappa shape index (κ3) is 3.33. The lowest BCUT2D eigenvalue weighted by Gasteiger charge is -2.30. The third-order valence-corrected chi connectivity index (χ3v) is 5.38. The number of hydrogen-bond donors (Lipinski definition) is 2. The first-order valence-corrected chi connectivity index (χ1v) is 8.03. The molecule has 2 rings (SSSR count). The summed E-state index contributed by atoms with van der Waals surface area (Å²) < 4.78 is 44.9. The molecule has 1 aromatic carbocycles. The number of carbonyl (C=O) groups excluding carboxylic acids is 1. The maximum atomic E-state index is 13.9. The van der Waals surface area contributed by atoms with E-state index in [4.69, 9.17) is 15.6 Å². The standard InChI is InChI=1S/C13H15FN2O6S/c1-7-9(13(18)19)4-8(5-10(7)14)23(20,21)16-2-3-22-11(6-16)12(15)17/h4-5,11H,2-3,6H2,1H3,(H2,15,17)(H,18,19). The highest BCUT2D eigenvalue weighted by atomic mass is 32.2. The zero-order valence-corrected chi connectivity index (χ0v) is 13.0. The summed E-state index contributed by atoms with van der Waals surface area (Å²) >= 11 is 0. The Morgan fingerprint density at radius 2 is 2.09 bits per heavy atom. The van der Waals surface area contributed by atoms with E-state index in [1.54, 1.807) is 0 Å². The van der Waals surface area contributed by atoms with Gasteiger partial charge in [-0.15, -0.1) is 0 Å². The smallest absolute Gasteiger partial charge is 0.336 e. The van der Waals surface area contributed by atoms with Crippen LogP contribution in [0.4, 0.5) is 4.39 Å². The third-order valence-electron chi connectivity index (χ3n) is 3.53. The minimum absolute atomic E-state index is 0.0486. The maximum Gasteiger partial charge on any atom is 0.336 e. The van der Waals surface area contributed by atoms with Crippen LogP contribution in [0, 0.1) is 12.7 Å². The molecule has 1 heterocycles. The monoisotopic (exact) mass is 346 g/mol. The predicted molar refractivity (Wildman–Crippen MR) is 75.8 cm³/mol. The largest absolute Gasteiger partial charge is 0.478 e. The number of carboxylic acid groups (broad SMARTS) is 1. The van der Waals surface area contributed by atoms with Crippen molar-refractivity contribution in [3.8, 4) is 0 Å². The lowest BCUT2D eigenvalue weighted by atomic mass is 10.1. The first kappa shape index (κ1) is 17.3. The predicted octanol–water partition coefficient (Wildman–Crippen LogP) is -0.293. The number of hydrogen-bond acceptors (Lipinski definition) is 5. The summed E-state index contributed by atoms with van der Waals surface area (Å²) in [5.41, 5.74) is 4.50. The quantitative estimate of drug-likeness (QED) is 0.771. The molecule has 23 heavy (non-hydrogen) atoms. The minimum Gasteiger partial charge on any atom is -0.478 e. The Labute approximate surface area is 131 Å². The topological polar surface area (TPSA) is 127 Å². The number of morpholine rings is 1. The molecule has 0 spiro atoms. The van der Waals surface area contributed by atoms with E-state index >= 15 is 0 Å². The number of nitrogens with two attached hydrogens (primary N) is 1. The zero-order valence-electron chi connectivity index (χ0n) is 12.2. The molecule has 0 aliphatic carbocycles. The Morgan fingerprint density at radius 3 is 2.65 bits per heavy atom. The van der Waals surface area contributed by atoms with E-state index < -0.39 is 44.3 Å². The number of halogens is 1. The maximum absolute atomic E-state index is 13.9. The van der Waals surface area contributed by atoms with E-state index in [0.29, 0.717) is 0 Å². The van der Waals surface area contributed by atoms with E-state index in [2.05, 4.69) is 0 Å². The van der Waals surface area contributed by atoms with E-state index in [1.165, 1.54) is 6.92 Å². The van der Waals surface area contributed by atoms with Crippen LogP contribution in [0.25, 0.3) is 0 Å². The summed E-state index contributed by atoms with van der Waals surface area (Å²) in [6.07, 6.45) is -1.10. The highest BCUT2D eigenvalue weighted by Gasteiger charge is 2.34. The van der Waals surface area contributed by atoms with Crippen molar-refractivity contribution in [2.75, 3.05) is 19.7 Å².